The molecule has 0 aromatic heterocycles. The Hall–Kier alpha value is -3.42. The number of ether oxygens (including phenoxy) is 2. The van der Waals surface area contributed by atoms with E-state index >= 15 is 17.6 Å². The highest BCUT2D eigenvalue weighted by Gasteiger charge is 2.73. The van der Waals surface area contributed by atoms with Gasteiger partial charge in [-0.1, -0.05) is 54.6 Å². The molecule has 3 unspecified atom stereocenters. The minimum atomic E-state index is -6.47. The lowest BCUT2D eigenvalue weighted by molar-refractivity contribution is -0.204. The monoisotopic (exact) mass is 628 g/mol. The Bertz CT molecular complexity index is 1410. The molecule has 0 bridgehead atoms. The first-order valence-corrected chi connectivity index (χ1v) is 15.7. The van der Waals surface area contributed by atoms with E-state index in [0.29, 0.717) is 0 Å². The smallest absolute Gasteiger partial charge is 0.432 e. The van der Waals surface area contributed by atoms with Crippen LogP contribution >= 0.6 is 10.3 Å². The number of rotatable bonds is 10. The fraction of sp³-hybridized carbons (Fsp3) is 0.310. The first-order chi connectivity index (χ1) is 19.8. The highest BCUT2D eigenvalue weighted by atomic mass is 32.3. The molecule has 1 aliphatic rings. The standard InChI is InChI=1S/C29H28F4O7S2/c1-38-26(34)20-18-24(27(35)39-2)25(19-20)28(30,31)29(32,33)42(36,37)40-41(21-12-6-3-7-13-21,22-14-8-4-9-15-22)23-16-10-5-11-17-23/h3-17,20,24-25H,18-19H2,1-2H3. The van der Waals surface area contributed by atoms with E-state index in [1.54, 1.807) is 18.2 Å². The van der Waals surface area contributed by atoms with Crippen molar-refractivity contribution < 1.29 is 48.7 Å². The van der Waals surface area contributed by atoms with Gasteiger partial charge in [0.1, 0.15) is 0 Å². The zero-order chi connectivity index (χ0) is 30.8. The summed E-state index contributed by atoms with van der Waals surface area (Å²) in [6.07, 6.45) is -1.51. The third kappa shape index (κ3) is 5.40. The SMILES string of the molecule is COC(=O)C1CC(C(=O)OC)C(C(F)(F)C(F)(F)S(=O)(=O)OS(c2ccccc2)(c2ccccc2)c2ccccc2)C1. The van der Waals surface area contributed by atoms with Gasteiger partial charge in [0.15, 0.2) is 0 Å². The van der Waals surface area contributed by atoms with Gasteiger partial charge < -0.3 is 9.47 Å². The predicted molar refractivity (Wildman–Crippen MR) is 145 cm³/mol. The lowest BCUT2D eigenvalue weighted by Crippen LogP contribution is -2.54. The molecule has 4 rings (SSSR count). The maximum absolute atomic E-state index is 15.9. The van der Waals surface area contributed by atoms with Crippen LogP contribution in [0.3, 0.4) is 0 Å². The van der Waals surface area contributed by atoms with E-state index in [1.807, 2.05) is 0 Å². The summed E-state index contributed by atoms with van der Waals surface area (Å²) in [5, 5.41) is -5.83. The van der Waals surface area contributed by atoms with Crippen LogP contribution in [0.15, 0.2) is 106 Å². The second-order valence-electron chi connectivity index (χ2n) is 9.58. The third-order valence-electron chi connectivity index (χ3n) is 7.19. The van der Waals surface area contributed by atoms with Gasteiger partial charge in [-0.3, -0.25) is 9.59 Å². The van der Waals surface area contributed by atoms with Crippen molar-refractivity contribution in [3.8, 4) is 0 Å². The summed E-state index contributed by atoms with van der Waals surface area (Å²) in [6.45, 7) is 0. The number of esters is 2. The van der Waals surface area contributed by atoms with Gasteiger partial charge in [0, 0.05) is 20.6 Å². The maximum atomic E-state index is 15.9. The van der Waals surface area contributed by atoms with Crippen molar-refractivity contribution in [3.05, 3.63) is 91.0 Å². The van der Waals surface area contributed by atoms with Crippen molar-refractivity contribution in [2.75, 3.05) is 14.2 Å². The molecule has 0 heterocycles. The largest absolute Gasteiger partial charge is 0.469 e. The van der Waals surface area contributed by atoms with Crippen LogP contribution in [0.25, 0.3) is 0 Å². The van der Waals surface area contributed by atoms with Gasteiger partial charge in [0.2, 0.25) is 0 Å². The second-order valence-corrected chi connectivity index (χ2v) is 14.1. The van der Waals surface area contributed by atoms with Crippen LogP contribution in [-0.4, -0.2) is 45.8 Å². The topological polar surface area (TPSA) is 96.0 Å². The highest BCUT2D eigenvalue weighted by Crippen LogP contribution is 2.71. The van der Waals surface area contributed by atoms with Crippen LogP contribution in [0.1, 0.15) is 12.8 Å². The molecule has 1 aliphatic carbocycles. The van der Waals surface area contributed by atoms with E-state index < -0.39 is 74.1 Å². The van der Waals surface area contributed by atoms with Gasteiger partial charge in [-0.05, 0) is 59.5 Å². The third-order valence-corrected chi connectivity index (χ3v) is 12.4. The van der Waals surface area contributed by atoms with Gasteiger partial charge in [0.25, 0.3) is 0 Å². The van der Waals surface area contributed by atoms with Gasteiger partial charge >= 0.3 is 33.2 Å². The summed E-state index contributed by atoms with van der Waals surface area (Å²) in [6, 6.07) is 22.9. The molecule has 3 atom stereocenters. The molecule has 0 aliphatic heterocycles. The van der Waals surface area contributed by atoms with E-state index in [2.05, 4.69) is 9.47 Å². The number of halogens is 4. The molecule has 1 saturated carbocycles. The normalized spacial score (nSPS) is 20.1. The predicted octanol–water partition coefficient (Wildman–Crippen LogP) is 6.45. The molecular weight excluding hydrogens is 600 g/mol. The van der Waals surface area contributed by atoms with Crippen LogP contribution in [0.2, 0.25) is 0 Å². The zero-order valence-electron chi connectivity index (χ0n) is 22.5. The number of carbonyl (C=O) groups is 2. The number of methoxy groups -OCH3 is 2. The number of alkyl halides is 4. The summed E-state index contributed by atoms with van der Waals surface area (Å²) in [5.74, 6) is -13.5. The van der Waals surface area contributed by atoms with Crippen LogP contribution in [0, 0.1) is 17.8 Å². The van der Waals surface area contributed by atoms with E-state index in [-0.39, 0.29) is 14.7 Å². The molecule has 0 amide bonds. The van der Waals surface area contributed by atoms with Crippen molar-refractivity contribution in [2.45, 2.75) is 38.7 Å². The van der Waals surface area contributed by atoms with Crippen molar-refractivity contribution in [1.29, 1.82) is 0 Å². The van der Waals surface area contributed by atoms with Gasteiger partial charge in [0.05, 0.1) is 26.1 Å². The van der Waals surface area contributed by atoms with Crippen molar-refractivity contribution in [3.63, 3.8) is 0 Å². The Morgan fingerprint density at radius 1 is 0.690 bits per heavy atom. The number of carbonyl (C=O) groups excluding carboxylic acids is 2. The minimum Gasteiger partial charge on any atom is -0.469 e. The average Bonchev–Trinajstić information content (AvgIpc) is 3.47. The van der Waals surface area contributed by atoms with Crippen molar-refractivity contribution in [1.82, 2.24) is 0 Å². The van der Waals surface area contributed by atoms with Crippen molar-refractivity contribution >= 4 is 32.4 Å². The van der Waals surface area contributed by atoms with Crippen LogP contribution < -0.4 is 0 Å². The zero-order valence-corrected chi connectivity index (χ0v) is 24.1. The quantitative estimate of drug-likeness (QED) is 0.188. The molecule has 3 aromatic carbocycles. The molecule has 7 nitrogen and oxygen atoms in total. The first kappa shape index (κ1) is 31.5. The van der Waals surface area contributed by atoms with E-state index in [1.165, 1.54) is 72.8 Å². The van der Waals surface area contributed by atoms with E-state index in [4.69, 9.17) is 3.63 Å². The lowest BCUT2D eigenvalue weighted by Gasteiger charge is -2.41. The minimum absolute atomic E-state index is 0.157. The molecule has 1 fully saturated rings. The summed E-state index contributed by atoms with van der Waals surface area (Å²) in [5.41, 5.74) is 0. The van der Waals surface area contributed by atoms with Crippen LogP contribution in [-0.2, 0) is 32.8 Å². The number of hydrogen-bond acceptors (Lipinski definition) is 7. The Labute approximate surface area is 242 Å². The molecule has 42 heavy (non-hydrogen) atoms. The highest BCUT2D eigenvalue weighted by molar-refractivity contribution is 8.33. The van der Waals surface area contributed by atoms with E-state index in [0.717, 1.165) is 14.2 Å². The Balaban J connectivity index is 1.88. The molecule has 0 saturated heterocycles. The molecule has 0 N–H and O–H groups in total. The molecule has 226 valence electrons. The lowest BCUT2D eigenvalue weighted by atomic mass is 9.89. The summed E-state index contributed by atoms with van der Waals surface area (Å²) in [4.78, 5) is 24.9. The Kier molecular flexibility index (Phi) is 9.05. The molecule has 0 spiro atoms. The average molecular weight is 629 g/mol. The second kappa shape index (κ2) is 12.1. The summed E-state index contributed by atoms with van der Waals surface area (Å²) in [7, 11) is -8.21. The molecule has 3 aromatic rings. The molecular formula is C29H28F4O7S2. The number of hydrogen-bond donors (Lipinski definition) is 0. The number of benzene rings is 3. The molecule has 13 heteroatoms. The Morgan fingerprint density at radius 3 is 1.48 bits per heavy atom. The summed E-state index contributed by atoms with van der Waals surface area (Å²) >= 11 is 0. The van der Waals surface area contributed by atoms with Gasteiger partial charge in [-0.25, -0.2) is 3.63 Å². The Morgan fingerprint density at radius 2 is 1.10 bits per heavy atom. The van der Waals surface area contributed by atoms with E-state index in [9.17, 15) is 18.0 Å². The van der Waals surface area contributed by atoms with Crippen LogP contribution in [0.4, 0.5) is 17.6 Å². The van der Waals surface area contributed by atoms with Crippen molar-refractivity contribution in [2.24, 2.45) is 17.8 Å². The first-order valence-electron chi connectivity index (χ1n) is 12.7. The van der Waals surface area contributed by atoms with Crippen LogP contribution in [0.5, 0.6) is 0 Å². The summed E-state index contributed by atoms with van der Waals surface area (Å²) < 4.78 is 105. The maximum Gasteiger partial charge on any atom is 0.432 e. The van der Waals surface area contributed by atoms with Gasteiger partial charge in [-0.15, -0.1) is 0 Å². The van der Waals surface area contributed by atoms with Gasteiger partial charge in [-0.2, -0.15) is 26.0 Å². The fourth-order valence-corrected chi connectivity index (χ4v) is 10.4. The molecule has 0 radical (unpaired) electrons. The fourth-order valence-electron chi connectivity index (χ4n) is 5.13.